The van der Waals surface area contributed by atoms with Crippen LogP contribution in [0.3, 0.4) is 0 Å². The van der Waals surface area contributed by atoms with Crippen LogP contribution in [0.25, 0.3) is 11.1 Å². The third kappa shape index (κ3) is 3.55. The molecule has 26 heavy (non-hydrogen) atoms. The van der Waals surface area contributed by atoms with Gasteiger partial charge in [0.25, 0.3) is 5.91 Å². The van der Waals surface area contributed by atoms with Crippen LogP contribution in [0.2, 0.25) is 0 Å². The smallest absolute Gasteiger partial charge is 0.256 e. The lowest BCUT2D eigenvalue weighted by atomic mass is 10.1. The van der Waals surface area contributed by atoms with Gasteiger partial charge in [-0.05, 0) is 48.2 Å². The van der Waals surface area contributed by atoms with E-state index in [1.807, 2.05) is 54.6 Å². The summed E-state index contributed by atoms with van der Waals surface area (Å²) in [5, 5.41) is 0. The highest BCUT2D eigenvalue weighted by atomic mass is 16.5. The number of hydrogen-bond acceptors (Lipinski definition) is 3. The maximum atomic E-state index is 13.0. The van der Waals surface area contributed by atoms with Crippen LogP contribution in [0, 0.1) is 0 Å². The molecule has 2 heterocycles. The topological polar surface area (TPSA) is 42.7 Å². The first-order valence-corrected chi connectivity index (χ1v) is 8.92. The Bertz CT molecular complexity index is 835. The van der Waals surface area contributed by atoms with Crippen LogP contribution in [0.1, 0.15) is 18.6 Å². The standard InChI is InChI=1S/C22H21NO3/c24-22(21-9-5-15-26-21)23(16-20-8-4-14-25-20)19-12-10-18(11-13-19)17-6-2-1-3-7-17/h1-4,6-8,10-14,21H,5,9,15-16H2. The minimum Gasteiger partial charge on any atom is -0.467 e. The summed E-state index contributed by atoms with van der Waals surface area (Å²) in [6, 6.07) is 22.0. The minimum absolute atomic E-state index is 0.00800. The summed E-state index contributed by atoms with van der Waals surface area (Å²) < 4.78 is 11.1. The molecule has 1 fully saturated rings. The number of hydrogen-bond donors (Lipinski definition) is 0. The van der Waals surface area contributed by atoms with Gasteiger partial charge in [-0.1, -0.05) is 42.5 Å². The molecule has 1 amide bonds. The predicted octanol–water partition coefficient (Wildman–Crippen LogP) is 4.66. The largest absolute Gasteiger partial charge is 0.467 e. The van der Waals surface area contributed by atoms with E-state index >= 15 is 0 Å². The first-order valence-electron chi connectivity index (χ1n) is 8.92. The van der Waals surface area contributed by atoms with Crippen molar-refractivity contribution in [3.8, 4) is 11.1 Å². The summed E-state index contributed by atoms with van der Waals surface area (Å²) in [6.07, 6.45) is 2.97. The molecule has 3 aromatic rings. The first-order chi connectivity index (χ1) is 12.8. The monoisotopic (exact) mass is 347 g/mol. The molecular weight excluding hydrogens is 326 g/mol. The third-order valence-corrected chi connectivity index (χ3v) is 4.65. The summed E-state index contributed by atoms with van der Waals surface area (Å²) in [5.74, 6) is 0.745. The van der Waals surface area contributed by atoms with Crippen molar-refractivity contribution < 1.29 is 13.9 Å². The van der Waals surface area contributed by atoms with Gasteiger partial charge in [-0.25, -0.2) is 0 Å². The van der Waals surface area contributed by atoms with E-state index in [1.165, 1.54) is 0 Å². The summed E-state index contributed by atoms with van der Waals surface area (Å²) >= 11 is 0. The zero-order valence-electron chi connectivity index (χ0n) is 14.5. The van der Waals surface area contributed by atoms with Crippen molar-refractivity contribution in [3.05, 3.63) is 78.8 Å². The Morgan fingerprint density at radius 2 is 1.73 bits per heavy atom. The molecule has 1 aliphatic heterocycles. The molecule has 0 bridgehead atoms. The van der Waals surface area contributed by atoms with Crippen molar-refractivity contribution in [2.75, 3.05) is 11.5 Å². The predicted molar refractivity (Wildman–Crippen MR) is 101 cm³/mol. The molecule has 4 rings (SSSR count). The van der Waals surface area contributed by atoms with Crippen molar-refractivity contribution in [1.82, 2.24) is 0 Å². The highest BCUT2D eigenvalue weighted by molar-refractivity contribution is 5.96. The van der Waals surface area contributed by atoms with Crippen molar-refractivity contribution >= 4 is 11.6 Å². The zero-order valence-corrected chi connectivity index (χ0v) is 14.5. The quantitative estimate of drug-likeness (QED) is 0.674. The van der Waals surface area contributed by atoms with E-state index in [0.29, 0.717) is 13.2 Å². The van der Waals surface area contributed by atoms with E-state index in [2.05, 4.69) is 12.1 Å². The number of amides is 1. The van der Waals surface area contributed by atoms with Crippen LogP contribution in [-0.4, -0.2) is 18.6 Å². The second-order valence-electron chi connectivity index (χ2n) is 6.42. The van der Waals surface area contributed by atoms with Crippen molar-refractivity contribution in [1.29, 1.82) is 0 Å². The van der Waals surface area contributed by atoms with Gasteiger partial charge in [0.2, 0.25) is 0 Å². The number of nitrogens with zero attached hydrogens (tertiary/aromatic N) is 1. The van der Waals surface area contributed by atoms with Gasteiger partial charge in [-0.2, -0.15) is 0 Å². The van der Waals surface area contributed by atoms with E-state index in [0.717, 1.165) is 35.4 Å². The molecule has 4 heteroatoms. The van der Waals surface area contributed by atoms with Gasteiger partial charge in [0, 0.05) is 12.3 Å². The third-order valence-electron chi connectivity index (χ3n) is 4.65. The number of furan rings is 1. The number of rotatable bonds is 5. The zero-order chi connectivity index (χ0) is 17.8. The fourth-order valence-electron chi connectivity index (χ4n) is 3.27. The lowest BCUT2D eigenvalue weighted by molar-refractivity contribution is -0.127. The Labute approximate surface area is 153 Å². The molecule has 1 atom stereocenters. The number of anilines is 1. The Kier molecular flexibility index (Phi) is 4.84. The Morgan fingerprint density at radius 3 is 2.38 bits per heavy atom. The van der Waals surface area contributed by atoms with Gasteiger partial charge >= 0.3 is 0 Å². The highest BCUT2D eigenvalue weighted by Gasteiger charge is 2.29. The molecule has 2 aromatic carbocycles. The average molecular weight is 347 g/mol. The molecule has 0 radical (unpaired) electrons. The summed E-state index contributed by atoms with van der Waals surface area (Å²) in [4.78, 5) is 14.7. The SMILES string of the molecule is O=C(C1CCCO1)N(Cc1ccco1)c1ccc(-c2ccccc2)cc1. The summed E-state index contributed by atoms with van der Waals surface area (Å²) in [6.45, 7) is 1.05. The molecule has 0 saturated carbocycles. The maximum absolute atomic E-state index is 13.0. The minimum atomic E-state index is -0.362. The van der Waals surface area contributed by atoms with Crippen LogP contribution >= 0.6 is 0 Å². The number of carbonyl (C=O) groups excluding carboxylic acids is 1. The lowest BCUT2D eigenvalue weighted by Gasteiger charge is -2.25. The molecule has 0 N–H and O–H groups in total. The second-order valence-corrected chi connectivity index (χ2v) is 6.42. The Hall–Kier alpha value is -2.85. The lowest BCUT2D eigenvalue weighted by Crippen LogP contribution is -2.38. The first kappa shape index (κ1) is 16.6. The summed E-state index contributed by atoms with van der Waals surface area (Å²) in [7, 11) is 0. The molecule has 0 spiro atoms. The molecule has 0 aliphatic carbocycles. The molecule has 4 nitrogen and oxygen atoms in total. The van der Waals surface area contributed by atoms with Crippen molar-refractivity contribution in [2.24, 2.45) is 0 Å². The highest BCUT2D eigenvalue weighted by Crippen LogP contribution is 2.26. The molecule has 132 valence electrons. The second kappa shape index (κ2) is 7.58. The van der Waals surface area contributed by atoms with Crippen molar-refractivity contribution in [2.45, 2.75) is 25.5 Å². The Morgan fingerprint density at radius 1 is 0.962 bits per heavy atom. The normalized spacial score (nSPS) is 16.5. The van der Waals surface area contributed by atoms with E-state index in [-0.39, 0.29) is 12.0 Å². The van der Waals surface area contributed by atoms with Crippen LogP contribution in [0.15, 0.2) is 77.4 Å². The molecule has 1 unspecified atom stereocenters. The van der Waals surface area contributed by atoms with E-state index in [4.69, 9.17) is 9.15 Å². The number of benzene rings is 2. The van der Waals surface area contributed by atoms with Gasteiger partial charge in [0.1, 0.15) is 11.9 Å². The van der Waals surface area contributed by atoms with Gasteiger partial charge < -0.3 is 14.1 Å². The Balaban J connectivity index is 1.61. The van der Waals surface area contributed by atoms with Crippen LogP contribution < -0.4 is 4.90 Å². The molecule has 1 aromatic heterocycles. The number of ether oxygens (including phenoxy) is 1. The molecular formula is C22H21NO3. The van der Waals surface area contributed by atoms with Crippen molar-refractivity contribution in [3.63, 3.8) is 0 Å². The molecule has 1 saturated heterocycles. The van der Waals surface area contributed by atoms with Gasteiger partial charge in [0.05, 0.1) is 12.8 Å². The van der Waals surface area contributed by atoms with E-state index in [9.17, 15) is 4.79 Å². The van der Waals surface area contributed by atoms with Gasteiger partial charge in [-0.15, -0.1) is 0 Å². The van der Waals surface area contributed by atoms with Crippen LogP contribution in [0.5, 0.6) is 0 Å². The summed E-state index contributed by atoms with van der Waals surface area (Å²) in [5.41, 5.74) is 3.13. The fourth-order valence-corrected chi connectivity index (χ4v) is 3.27. The van der Waals surface area contributed by atoms with Crippen LogP contribution in [0.4, 0.5) is 5.69 Å². The van der Waals surface area contributed by atoms with Gasteiger partial charge in [-0.3, -0.25) is 4.79 Å². The van der Waals surface area contributed by atoms with Gasteiger partial charge in [0.15, 0.2) is 0 Å². The van der Waals surface area contributed by atoms with E-state index < -0.39 is 0 Å². The maximum Gasteiger partial charge on any atom is 0.256 e. The van der Waals surface area contributed by atoms with Crippen LogP contribution in [-0.2, 0) is 16.1 Å². The average Bonchev–Trinajstić information content (AvgIpc) is 3.40. The van der Waals surface area contributed by atoms with E-state index in [1.54, 1.807) is 11.2 Å². The molecule has 1 aliphatic rings. The fraction of sp³-hybridized carbons (Fsp3) is 0.227. The number of carbonyl (C=O) groups is 1.